The molecule has 0 fully saturated rings. The molecule has 8 nitrogen and oxygen atoms in total. The van der Waals surface area contributed by atoms with E-state index in [2.05, 4.69) is 19.2 Å². The van der Waals surface area contributed by atoms with Crippen LogP contribution in [-0.2, 0) is 4.79 Å². The lowest BCUT2D eigenvalue weighted by molar-refractivity contribution is -0.122. The Morgan fingerprint density at radius 2 is 1.74 bits per heavy atom. The van der Waals surface area contributed by atoms with Crippen LogP contribution in [0.1, 0.15) is 30.9 Å². The Morgan fingerprint density at radius 1 is 0.974 bits per heavy atom. The van der Waals surface area contributed by atoms with Gasteiger partial charge in [0, 0.05) is 5.69 Å². The zero-order valence-electron chi connectivity index (χ0n) is 21.6. The molecule has 0 saturated carbocycles. The summed E-state index contributed by atoms with van der Waals surface area (Å²) in [6, 6.07) is 19.5. The van der Waals surface area contributed by atoms with Crippen molar-refractivity contribution in [1.82, 2.24) is 0 Å². The molecule has 3 aromatic carbocycles. The number of carbonyl (C=O) groups excluding carboxylic acids is 1. The number of hydrogen-bond acceptors (Lipinski definition) is 7. The van der Waals surface area contributed by atoms with Crippen LogP contribution in [0.2, 0.25) is 0 Å². The van der Waals surface area contributed by atoms with Crippen molar-refractivity contribution in [2.45, 2.75) is 25.9 Å². The minimum Gasteiger partial charge on any atom is -0.497 e. The Kier molecular flexibility index (Phi) is 6.96. The second-order valence-electron chi connectivity index (χ2n) is 9.48. The van der Waals surface area contributed by atoms with Crippen LogP contribution in [0.4, 0.5) is 5.69 Å². The van der Waals surface area contributed by atoms with E-state index in [1.807, 2.05) is 12.1 Å². The van der Waals surface area contributed by atoms with E-state index in [4.69, 9.17) is 23.4 Å². The standard InChI is InChI=1S/C30H29NO7/c1-17(2)16-36-23-14-9-18(15-24(23)35-4)25-26-27(21-7-5-6-8-22(21)37-30(26)33)38-28(25)29(32)31-19-10-12-20(34-3)13-11-19/h5-15,17,25,28H,16H2,1-4H3,(H,31,32). The van der Waals surface area contributed by atoms with Gasteiger partial charge in [0.1, 0.15) is 17.1 Å². The maximum Gasteiger partial charge on any atom is 0.344 e. The number of rotatable bonds is 8. The van der Waals surface area contributed by atoms with Gasteiger partial charge in [0.15, 0.2) is 17.6 Å². The summed E-state index contributed by atoms with van der Waals surface area (Å²) in [6.45, 7) is 4.64. The first kappa shape index (κ1) is 25.2. The molecule has 0 radical (unpaired) electrons. The van der Waals surface area contributed by atoms with Gasteiger partial charge < -0.3 is 28.7 Å². The molecule has 8 heteroatoms. The molecule has 0 spiro atoms. The minimum absolute atomic E-state index is 0.288. The summed E-state index contributed by atoms with van der Waals surface area (Å²) in [5.41, 5.74) is 1.36. The second-order valence-corrected chi connectivity index (χ2v) is 9.48. The van der Waals surface area contributed by atoms with E-state index < -0.39 is 23.6 Å². The molecule has 1 aliphatic heterocycles. The number of fused-ring (bicyclic) bond motifs is 3. The molecule has 4 aromatic rings. The first-order valence-electron chi connectivity index (χ1n) is 12.4. The molecular formula is C30H29NO7. The molecule has 5 rings (SSSR count). The lowest BCUT2D eigenvalue weighted by Crippen LogP contribution is -2.35. The summed E-state index contributed by atoms with van der Waals surface area (Å²) in [5, 5.41) is 3.52. The quantitative estimate of drug-likeness (QED) is 0.315. The molecule has 0 saturated heterocycles. The summed E-state index contributed by atoms with van der Waals surface area (Å²) >= 11 is 0. The maximum absolute atomic E-state index is 13.6. The molecule has 2 unspecified atom stereocenters. The van der Waals surface area contributed by atoms with Gasteiger partial charge in [-0.05, 0) is 60.0 Å². The van der Waals surface area contributed by atoms with Crippen LogP contribution >= 0.6 is 0 Å². The van der Waals surface area contributed by atoms with Crippen LogP contribution in [0.15, 0.2) is 75.9 Å². The maximum atomic E-state index is 13.6. The van der Waals surface area contributed by atoms with E-state index in [0.717, 1.165) is 0 Å². The summed E-state index contributed by atoms with van der Waals surface area (Å²) in [6.07, 6.45) is -1.03. The fraction of sp³-hybridized carbons (Fsp3) is 0.267. The topological polar surface area (TPSA) is 96.2 Å². The molecule has 38 heavy (non-hydrogen) atoms. The Bertz CT molecular complexity index is 1520. The lowest BCUT2D eigenvalue weighted by atomic mass is 9.88. The number of carbonyl (C=O) groups is 1. The van der Waals surface area contributed by atoms with Crippen LogP contribution in [-0.4, -0.2) is 32.8 Å². The SMILES string of the molecule is COc1ccc(NC(=O)C2Oc3c(c(=O)oc4ccccc34)C2c2ccc(OCC(C)C)c(OC)c2)cc1. The van der Waals surface area contributed by atoms with Crippen molar-refractivity contribution in [2.75, 3.05) is 26.1 Å². The van der Waals surface area contributed by atoms with Gasteiger partial charge in [0.05, 0.1) is 37.7 Å². The Morgan fingerprint density at radius 3 is 2.45 bits per heavy atom. The van der Waals surface area contributed by atoms with Gasteiger partial charge in [-0.25, -0.2) is 4.79 Å². The summed E-state index contributed by atoms with van der Waals surface area (Å²) in [4.78, 5) is 26.9. The third kappa shape index (κ3) is 4.77. The van der Waals surface area contributed by atoms with Crippen molar-refractivity contribution in [3.05, 3.63) is 88.3 Å². The van der Waals surface area contributed by atoms with Gasteiger partial charge in [0.25, 0.3) is 5.91 Å². The molecule has 1 amide bonds. The minimum atomic E-state index is -1.03. The van der Waals surface area contributed by atoms with Crippen LogP contribution < -0.4 is 29.9 Å². The Hall–Kier alpha value is -4.46. The highest BCUT2D eigenvalue weighted by molar-refractivity contribution is 5.97. The molecule has 2 heterocycles. The molecule has 196 valence electrons. The molecule has 0 bridgehead atoms. The van der Waals surface area contributed by atoms with E-state index in [0.29, 0.717) is 57.7 Å². The van der Waals surface area contributed by atoms with Crippen LogP contribution in [0.3, 0.4) is 0 Å². The summed E-state index contributed by atoms with van der Waals surface area (Å²) in [5.74, 6) is 1.27. The van der Waals surface area contributed by atoms with E-state index in [9.17, 15) is 9.59 Å². The van der Waals surface area contributed by atoms with Crippen molar-refractivity contribution in [1.29, 1.82) is 0 Å². The molecular weight excluding hydrogens is 486 g/mol. The predicted octanol–water partition coefficient (Wildman–Crippen LogP) is 5.38. The highest BCUT2D eigenvalue weighted by Crippen LogP contribution is 2.46. The molecule has 1 N–H and O–H groups in total. The zero-order valence-corrected chi connectivity index (χ0v) is 21.6. The number of nitrogens with one attached hydrogen (secondary N) is 1. The van der Waals surface area contributed by atoms with Crippen molar-refractivity contribution in [3.8, 4) is 23.0 Å². The van der Waals surface area contributed by atoms with Crippen molar-refractivity contribution < 1.29 is 28.2 Å². The van der Waals surface area contributed by atoms with Crippen molar-refractivity contribution in [3.63, 3.8) is 0 Å². The number of benzene rings is 3. The third-order valence-corrected chi connectivity index (χ3v) is 6.39. The summed E-state index contributed by atoms with van der Waals surface area (Å²) in [7, 11) is 3.13. The normalized spacial score (nSPS) is 16.1. The van der Waals surface area contributed by atoms with Crippen LogP contribution in [0.25, 0.3) is 11.0 Å². The van der Waals surface area contributed by atoms with Gasteiger partial charge in [-0.15, -0.1) is 0 Å². The smallest absolute Gasteiger partial charge is 0.344 e. The first-order valence-corrected chi connectivity index (χ1v) is 12.4. The lowest BCUT2D eigenvalue weighted by Gasteiger charge is -2.20. The third-order valence-electron chi connectivity index (χ3n) is 6.39. The molecule has 1 aromatic heterocycles. The second kappa shape index (κ2) is 10.5. The zero-order chi connectivity index (χ0) is 26.8. The van der Waals surface area contributed by atoms with E-state index >= 15 is 0 Å². The average molecular weight is 516 g/mol. The highest BCUT2D eigenvalue weighted by atomic mass is 16.5. The fourth-order valence-corrected chi connectivity index (χ4v) is 4.56. The number of hydrogen-bond donors (Lipinski definition) is 1. The average Bonchev–Trinajstić information content (AvgIpc) is 3.34. The predicted molar refractivity (Wildman–Crippen MR) is 144 cm³/mol. The molecule has 1 aliphatic rings. The summed E-state index contributed by atoms with van der Waals surface area (Å²) < 4.78 is 28.6. The monoisotopic (exact) mass is 515 g/mol. The van der Waals surface area contributed by atoms with E-state index in [1.54, 1.807) is 68.8 Å². The van der Waals surface area contributed by atoms with Crippen molar-refractivity contribution >= 4 is 22.6 Å². The van der Waals surface area contributed by atoms with E-state index in [-0.39, 0.29) is 5.56 Å². The van der Waals surface area contributed by atoms with Gasteiger partial charge in [-0.1, -0.05) is 32.0 Å². The van der Waals surface area contributed by atoms with E-state index in [1.165, 1.54) is 0 Å². The van der Waals surface area contributed by atoms with Gasteiger partial charge in [0.2, 0.25) is 0 Å². The molecule has 2 atom stereocenters. The van der Waals surface area contributed by atoms with Gasteiger partial charge >= 0.3 is 5.63 Å². The van der Waals surface area contributed by atoms with Crippen LogP contribution in [0.5, 0.6) is 23.0 Å². The highest BCUT2D eigenvalue weighted by Gasteiger charge is 2.44. The van der Waals surface area contributed by atoms with Crippen LogP contribution in [0, 0.1) is 5.92 Å². The largest absolute Gasteiger partial charge is 0.497 e. The van der Waals surface area contributed by atoms with Gasteiger partial charge in [-0.3, -0.25) is 4.79 Å². The number of methoxy groups -OCH3 is 2. The number of ether oxygens (including phenoxy) is 4. The number of amides is 1. The number of para-hydroxylation sites is 1. The molecule has 0 aliphatic carbocycles. The van der Waals surface area contributed by atoms with Gasteiger partial charge in [-0.2, -0.15) is 0 Å². The number of anilines is 1. The first-order chi connectivity index (χ1) is 18.4. The Labute approximate surface area is 220 Å². The Balaban J connectivity index is 1.58. The fourth-order valence-electron chi connectivity index (χ4n) is 4.56. The van der Waals surface area contributed by atoms with Crippen molar-refractivity contribution in [2.24, 2.45) is 5.92 Å².